The topological polar surface area (TPSA) is 83.8 Å². The van der Waals surface area contributed by atoms with Gasteiger partial charge in [0.15, 0.2) is 0 Å². The van der Waals surface area contributed by atoms with E-state index in [0.717, 1.165) is 0 Å². The highest BCUT2D eigenvalue weighted by Crippen LogP contribution is 2.38. The van der Waals surface area contributed by atoms with Crippen LogP contribution in [0, 0.1) is 11.8 Å². The minimum absolute atomic E-state index is 0.178. The fraction of sp³-hybridized carbons (Fsp3) is 0.900. The molecule has 0 saturated carbocycles. The molecule has 0 spiro atoms. The van der Waals surface area contributed by atoms with E-state index >= 15 is 0 Å². The maximum atomic E-state index is 11.5. The van der Waals surface area contributed by atoms with Crippen LogP contribution in [0.5, 0.6) is 0 Å². The van der Waals surface area contributed by atoms with Crippen LogP contribution in [0.2, 0.25) is 0 Å². The Labute approximate surface area is 96.4 Å². The zero-order valence-corrected chi connectivity index (χ0v) is 10.9. The third-order valence-corrected chi connectivity index (χ3v) is 3.45. The van der Waals surface area contributed by atoms with Gasteiger partial charge in [0.2, 0.25) is 0 Å². The molecule has 0 aromatic heterocycles. The first kappa shape index (κ1) is 15.6. The van der Waals surface area contributed by atoms with Crippen LogP contribution in [-0.2, 0) is 14.1 Å². The summed E-state index contributed by atoms with van der Waals surface area (Å²) in [4.78, 5) is 29.1. The van der Waals surface area contributed by atoms with Gasteiger partial charge in [-0.25, -0.2) is 0 Å². The highest BCUT2D eigenvalue weighted by atomic mass is 31.2. The van der Waals surface area contributed by atoms with Crippen LogP contribution in [0.1, 0.15) is 33.6 Å². The van der Waals surface area contributed by atoms with Crippen molar-refractivity contribution in [2.24, 2.45) is 11.8 Å². The minimum atomic E-state index is -3.99. The maximum Gasteiger partial charge on any atom is 0.325 e. The molecule has 2 unspecified atom stereocenters. The van der Waals surface area contributed by atoms with Gasteiger partial charge in [-0.1, -0.05) is 13.8 Å². The van der Waals surface area contributed by atoms with Crippen LogP contribution in [0.15, 0.2) is 0 Å². The van der Waals surface area contributed by atoms with E-state index in [2.05, 4.69) is 0 Å². The Morgan fingerprint density at radius 3 is 2.31 bits per heavy atom. The smallest absolute Gasteiger partial charge is 0.325 e. The molecule has 0 radical (unpaired) electrons. The number of esters is 1. The van der Waals surface area contributed by atoms with Gasteiger partial charge in [-0.3, -0.25) is 9.36 Å². The normalized spacial score (nSPS) is 15.6. The van der Waals surface area contributed by atoms with Crippen molar-refractivity contribution in [3.8, 4) is 0 Å². The molecule has 0 fully saturated rings. The van der Waals surface area contributed by atoms with Crippen molar-refractivity contribution >= 4 is 13.6 Å². The second-order valence-corrected chi connectivity index (χ2v) is 5.74. The van der Waals surface area contributed by atoms with E-state index in [9.17, 15) is 9.36 Å². The van der Waals surface area contributed by atoms with Crippen LogP contribution < -0.4 is 0 Å². The molecule has 2 atom stereocenters. The Balaban J connectivity index is 4.21. The van der Waals surface area contributed by atoms with E-state index in [1.54, 1.807) is 13.8 Å². The third-order valence-electron chi connectivity index (χ3n) is 2.35. The van der Waals surface area contributed by atoms with Crippen molar-refractivity contribution in [2.45, 2.75) is 33.6 Å². The van der Waals surface area contributed by atoms with Gasteiger partial charge >= 0.3 is 13.6 Å². The Hall–Kier alpha value is -0.380. The SMILES string of the molecule is CCOC(=O)C(CC)CC(C)CP(=O)(O)O. The molecular weight excluding hydrogens is 231 g/mol. The van der Waals surface area contributed by atoms with Crippen molar-refractivity contribution in [1.29, 1.82) is 0 Å². The Bertz CT molecular complexity index is 260. The highest BCUT2D eigenvalue weighted by molar-refractivity contribution is 7.51. The summed E-state index contributed by atoms with van der Waals surface area (Å²) in [6.45, 7) is 5.68. The molecule has 0 aliphatic rings. The average molecular weight is 252 g/mol. The lowest BCUT2D eigenvalue weighted by Crippen LogP contribution is -2.20. The zero-order valence-electron chi connectivity index (χ0n) is 10.0. The Kier molecular flexibility index (Phi) is 6.88. The maximum absolute atomic E-state index is 11.5. The molecule has 96 valence electrons. The number of rotatable bonds is 7. The molecule has 0 rings (SSSR count). The van der Waals surface area contributed by atoms with Crippen molar-refractivity contribution in [2.75, 3.05) is 12.8 Å². The van der Waals surface area contributed by atoms with Crippen LogP contribution >= 0.6 is 7.60 Å². The molecule has 0 heterocycles. The summed E-state index contributed by atoms with van der Waals surface area (Å²) in [7, 11) is -3.99. The van der Waals surface area contributed by atoms with Crippen LogP contribution in [0.25, 0.3) is 0 Å². The summed E-state index contributed by atoms with van der Waals surface area (Å²) in [5.74, 6) is -0.723. The predicted molar refractivity (Wildman–Crippen MR) is 61.1 cm³/mol. The van der Waals surface area contributed by atoms with Crippen molar-refractivity contribution in [3.63, 3.8) is 0 Å². The van der Waals surface area contributed by atoms with Gasteiger partial charge < -0.3 is 14.5 Å². The van der Waals surface area contributed by atoms with E-state index < -0.39 is 7.60 Å². The van der Waals surface area contributed by atoms with Gasteiger partial charge in [0.25, 0.3) is 0 Å². The van der Waals surface area contributed by atoms with E-state index in [1.165, 1.54) is 0 Å². The van der Waals surface area contributed by atoms with Gasteiger partial charge in [0.05, 0.1) is 18.7 Å². The highest BCUT2D eigenvalue weighted by Gasteiger charge is 2.24. The molecule has 0 aliphatic heterocycles. The number of carbonyl (C=O) groups is 1. The second-order valence-electron chi connectivity index (χ2n) is 4.05. The molecule has 0 amide bonds. The Morgan fingerprint density at radius 1 is 1.38 bits per heavy atom. The summed E-state index contributed by atoms with van der Waals surface area (Å²) in [6.07, 6.45) is 0.910. The third kappa shape index (κ3) is 6.99. The van der Waals surface area contributed by atoms with Gasteiger partial charge in [-0.05, 0) is 25.7 Å². The average Bonchev–Trinajstić information content (AvgIpc) is 2.11. The number of carbonyl (C=O) groups excluding carboxylic acids is 1. The Morgan fingerprint density at radius 2 is 1.94 bits per heavy atom. The first-order valence-electron chi connectivity index (χ1n) is 5.51. The molecule has 16 heavy (non-hydrogen) atoms. The van der Waals surface area contributed by atoms with Crippen molar-refractivity contribution in [1.82, 2.24) is 0 Å². The van der Waals surface area contributed by atoms with E-state index in [0.29, 0.717) is 19.4 Å². The van der Waals surface area contributed by atoms with Crippen molar-refractivity contribution < 1.29 is 23.9 Å². The number of hydrogen-bond donors (Lipinski definition) is 2. The molecule has 0 saturated heterocycles. The quantitative estimate of drug-likeness (QED) is 0.533. The summed E-state index contributed by atoms with van der Waals surface area (Å²) < 4.78 is 15.7. The standard InChI is InChI=1S/C10H21O5P/c1-4-9(10(11)15-5-2)6-8(3)7-16(12,13)14/h8-9H,4-7H2,1-3H3,(H2,12,13,14). The van der Waals surface area contributed by atoms with Crippen LogP contribution in [0.3, 0.4) is 0 Å². The predicted octanol–water partition coefficient (Wildman–Crippen LogP) is 1.78. The fourth-order valence-electron chi connectivity index (χ4n) is 1.66. The number of ether oxygens (including phenoxy) is 1. The van der Waals surface area contributed by atoms with Crippen molar-refractivity contribution in [3.05, 3.63) is 0 Å². The second kappa shape index (κ2) is 7.05. The largest absolute Gasteiger partial charge is 0.466 e. The molecule has 0 aromatic carbocycles. The fourth-order valence-corrected chi connectivity index (χ4v) is 2.62. The van der Waals surface area contributed by atoms with Gasteiger partial charge in [-0.2, -0.15) is 0 Å². The summed E-state index contributed by atoms with van der Waals surface area (Å²) >= 11 is 0. The molecule has 5 nitrogen and oxygen atoms in total. The van der Waals surface area contributed by atoms with Gasteiger partial charge in [0.1, 0.15) is 0 Å². The lowest BCUT2D eigenvalue weighted by Gasteiger charge is -2.18. The monoisotopic (exact) mass is 252 g/mol. The molecule has 6 heteroatoms. The molecule has 2 N–H and O–H groups in total. The lowest BCUT2D eigenvalue weighted by molar-refractivity contribution is -0.148. The molecular formula is C10H21O5P. The molecule has 0 bridgehead atoms. The first-order valence-corrected chi connectivity index (χ1v) is 7.31. The van der Waals surface area contributed by atoms with Gasteiger partial charge in [0, 0.05) is 0 Å². The summed E-state index contributed by atoms with van der Waals surface area (Å²) in [6, 6.07) is 0. The summed E-state index contributed by atoms with van der Waals surface area (Å²) in [5.41, 5.74) is 0. The summed E-state index contributed by atoms with van der Waals surface area (Å²) in [5, 5.41) is 0. The van der Waals surface area contributed by atoms with E-state index in [4.69, 9.17) is 14.5 Å². The van der Waals surface area contributed by atoms with Gasteiger partial charge in [-0.15, -0.1) is 0 Å². The van der Waals surface area contributed by atoms with E-state index in [-0.39, 0.29) is 24.0 Å². The lowest BCUT2D eigenvalue weighted by atomic mass is 9.95. The van der Waals surface area contributed by atoms with Crippen LogP contribution in [0.4, 0.5) is 0 Å². The molecule has 0 aliphatic carbocycles. The van der Waals surface area contributed by atoms with E-state index in [1.807, 2.05) is 6.92 Å². The number of hydrogen-bond acceptors (Lipinski definition) is 3. The molecule has 0 aromatic rings. The zero-order chi connectivity index (χ0) is 12.8. The minimum Gasteiger partial charge on any atom is -0.466 e. The van der Waals surface area contributed by atoms with Crippen LogP contribution in [-0.4, -0.2) is 28.5 Å². The first-order chi connectivity index (χ1) is 7.30.